The van der Waals surface area contributed by atoms with Gasteiger partial charge in [-0.05, 0) is 24.6 Å². The number of hydrogen-bond donors (Lipinski definition) is 1. The monoisotopic (exact) mass is 409 g/mol. The van der Waals surface area contributed by atoms with Gasteiger partial charge in [0.05, 0.1) is 36.6 Å². The zero-order chi connectivity index (χ0) is 20.9. The van der Waals surface area contributed by atoms with Gasteiger partial charge in [0.1, 0.15) is 0 Å². The lowest BCUT2D eigenvalue weighted by atomic mass is 10.1. The maximum atomic E-state index is 12.3. The van der Waals surface area contributed by atoms with E-state index >= 15 is 0 Å². The van der Waals surface area contributed by atoms with Crippen LogP contribution in [0.4, 0.5) is 5.95 Å². The van der Waals surface area contributed by atoms with E-state index in [9.17, 15) is 14.4 Å². The zero-order valence-corrected chi connectivity index (χ0v) is 16.5. The van der Waals surface area contributed by atoms with Gasteiger partial charge in [0.15, 0.2) is 0 Å². The number of nitrogens with one attached hydrogen (secondary N) is 1. The molecule has 0 saturated carbocycles. The molecular formula is C21H23N5O4. The highest BCUT2D eigenvalue weighted by Gasteiger charge is 2.34. The minimum atomic E-state index is -0.298. The smallest absolute Gasteiger partial charge is 0.261 e. The highest BCUT2D eigenvalue weighted by Crippen LogP contribution is 2.22. The van der Waals surface area contributed by atoms with E-state index in [-0.39, 0.29) is 30.7 Å². The number of benzene rings is 1. The lowest BCUT2D eigenvalue weighted by Crippen LogP contribution is -2.37. The van der Waals surface area contributed by atoms with Crippen molar-refractivity contribution in [3.05, 3.63) is 53.3 Å². The summed E-state index contributed by atoms with van der Waals surface area (Å²) >= 11 is 0. The molecule has 1 aromatic heterocycles. The van der Waals surface area contributed by atoms with Crippen LogP contribution in [0.15, 0.2) is 36.5 Å². The number of carbonyl (C=O) groups excluding carboxylic acids is 3. The number of carbonyl (C=O) groups is 3. The van der Waals surface area contributed by atoms with E-state index in [4.69, 9.17) is 4.74 Å². The lowest BCUT2D eigenvalue weighted by molar-refractivity contribution is -0.121. The van der Waals surface area contributed by atoms with Gasteiger partial charge in [-0.2, -0.15) is 0 Å². The van der Waals surface area contributed by atoms with E-state index in [2.05, 4.69) is 20.2 Å². The third-order valence-electron chi connectivity index (χ3n) is 5.12. The summed E-state index contributed by atoms with van der Waals surface area (Å²) in [5.74, 6) is -0.117. The molecule has 4 rings (SSSR count). The van der Waals surface area contributed by atoms with Crippen LogP contribution in [0.1, 0.15) is 39.3 Å². The van der Waals surface area contributed by atoms with Gasteiger partial charge in [-0.3, -0.25) is 19.3 Å². The van der Waals surface area contributed by atoms with Crippen molar-refractivity contribution in [3.8, 4) is 0 Å². The van der Waals surface area contributed by atoms with Crippen LogP contribution in [0.5, 0.6) is 0 Å². The number of aromatic nitrogens is 2. The largest absolute Gasteiger partial charge is 0.378 e. The number of fused-ring (bicyclic) bond motifs is 1. The first kappa shape index (κ1) is 20.0. The highest BCUT2D eigenvalue weighted by atomic mass is 16.5. The molecule has 1 N–H and O–H groups in total. The number of hydrogen-bond acceptors (Lipinski definition) is 7. The van der Waals surface area contributed by atoms with E-state index in [1.807, 2.05) is 0 Å². The minimum Gasteiger partial charge on any atom is -0.378 e. The molecule has 0 spiro atoms. The van der Waals surface area contributed by atoms with E-state index < -0.39 is 0 Å². The SMILES string of the molecule is O=C(CCCN1C(=O)c2ccccc2C1=O)NCc1ccnc(N2CCOCC2)n1. The fourth-order valence-corrected chi connectivity index (χ4v) is 3.52. The van der Waals surface area contributed by atoms with E-state index in [1.54, 1.807) is 36.5 Å². The average molecular weight is 409 g/mol. The lowest BCUT2D eigenvalue weighted by Gasteiger charge is -2.26. The zero-order valence-electron chi connectivity index (χ0n) is 16.5. The summed E-state index contributed by atoms with van der Waals surface area (Å²) in [5.41, 5.74) is 1.57. The molecule has 1 fully saturated rings. The molecule has 9 nitrogen and oxygen atoms in total. The molecule has 2 aliphatic rings. The van der Waals surface area contributed by atoms with Crippen LogP contribution >= 0.6 is 0 Å². The van der Waals surface area contributed by atoms with Crippen molar-refractivity contribution < 1.29 is 19.1 Å². The molecule has 0 bridgehead atoms. The maximum absolute atomic E-state index is 12.3. The third kappa shape index (κ3) is 4.30. The molecule has 2 aromatic rings. The molecule has 0 unspecified atom stereocenters. The Kier molecular flexibility index (Phi) is 5.99. The summed E-state index contributed by atoms with van der Waals surface area (Å²) in [6.45, 7) is 3.30. The molecule has 1 saturated heterocycles. The van der Waals surface area contributed by atoms with Crippen LogP contribution in [0.25, 0.3) is 0 Å². The number of amides is 3. The molecule has 2 aliphatic heterocycles. The number of anilines is 1. The van der Waals surface area contributed by atoms with Gasteiger partial charge >= 0.3 is 0 Å². The van der Waals surface area contributed by atoms with Gasteiger partial charge in [0.25, 0.3) is 11.8 Å². The Morgan fingerprint density at radius 1 is 1.07 bits per heavy atom. The normalized spacial score (nSPS) is 16.0. The van der Waals surface area contributed by atoms with Crippen molar-refractivity contribution in [2.24, 2.45) is 0 Å². The molecule has 3 amide bonds. The maximum Gasteiger partial charge on any atom is 0.261 e. The van der Waals surface area contributed by atoms with Gasteiger partial charge in [0, 0.05) is 32.3 Å². The van der Waals surface area contributed by atoms with Crippen molar-refractivity contribution >= 4 is 23.7 Å². The van der Waals surface area contributed by atoms with Gasteiger partial charge in [-0.25, -0.2) is 9.97 Å². The minimum absolute atomic E-state index is 0.154. The van der Waals surface area contributed by atoms with E-state index in [0.29, 0.717) is 43.3 Å². The summed E-state index contributed by atoms with van der Waals surface area (Å²) in [6, 6.07) is 8.53. The predicted molar refractivity (Wildman–Crippen MR) is 108 cm³/mol. The van der Waals surface area contributed by atoms with Crippen molar-refractivity contribution in [1.29, 1.82) is 0 Å². The Morgan fingerprint density at radius 2 is 1.77 bits per heavy atom. The first-order valence-corrected chi connectivity index (χ1v) is 10.00. The first-order chi connectivity index (χ1) is 14.6. The van der Waals surface area contributed by atoms with Crippen LogP contribution in [0.3, 0.4) is 0 Å². The second kappa shape index (κ2) is 9.00. The molecule has 156 valence electrons. The molecule has 0 radical (unpaired) electrons. The number of rotatable bonds is 7. The van der Waals surface area contributed by atoms with Crippen molar-refractivity contribution in [2.75, 3.05) is 37.7 Å². The predicted octanol–water partition coefficient (Wildman–Crippen LogP) is 1.01. The Hall–Kier alpha value is -3.33. The summed E-state index contributed by atoms with van der Waals surface area (Å²) in [5, 5.41) is 2.83. The summed E-state index contributed by atoms with van der Waals surface area (Å²) < 4.78 is 5.34. The van der Waals surface area contributed by atoms with Crippen LogP contribution < -0.4 is 10.2 Å². The van der Waals surface area contributed by atoms with E-state index in [1.165, 1.54) is 4.90 Å². The highest BCUT2D eigenvalue weighted by molar-refractivity contribution is 6.21. The number of ether oxygens (including phenoxy) is 1. The fourth-order valence-electron chi connectivity index (χ4n) is 3.52. The molecule has 1 aromatic carbocycles. The second-order valence-corrected chi connectivity index (χ2v) is 7.14. The number of morpholine rings is 1. The first-order valence-electron chi connectivity index (χ1n) is 10.00. The third-order valence-corrected chi connectivity index (χ3v) is 5.12. The van der Waals surface area contributed by atoms with Crippen LogP contribution in [0.2, 0.25) is 0 Å². The molecule has 3 heterocycles. The standard InChI is InChI=1S/C21H23N5O4/c27-18(6-3-9-26-19(28)16-4-1-2-5-17(16)20(26)29)23-14-15-7-8-22-21(24-15)25-10-12-30-13-11-25/h1-2,4-5,7-8H,3,6,9-14H2,(H,23,27). The summed E-state index contributed by atoms with van der Waals surface area (Å²) in [6.07, 6.45) is 2.30. The number of imide groups is 1. The van der Waals surface area contributed by atoms with Gasteiger partial charge in [-0.15, -0.1) is 0 Å². The van der Waals surface area contributed by atoms with Gasteiger partial charge < -0.3 is 15.0 Å². The molecule has 30 heavy (non-hydrogen) atoms. The average Bonchev–Trinajstić information content (AvgIpc) is 3.03. The van der Waals surface area contributed by atoms with Crippen LogP contribution in [-0.2, 0) is 16.1 Å². The summed E-state index contributed by atoms with van der Waals surface area (Å²) in [4.78, 5) is 48.9. The Bertz CT molecular complexity index is 923. The van der Waals surface area contributed by atoms with Crippen molar-refractivity contribution in [1.82, 2.24) is 20.2 Å². The van der Waals surface area contributed by atoms with Gasteiger partial charge in [0.2, 0.25) is 11.9 Å². The van der Waals surface area contributed by atoms with Crippen molar-refractivity contribution in [2.45, 2.75) is 19.4 Å². The van der Waals surface area contributed by atoms with Crippen LogP contribution in [-0.4, -0.2) is 65.4 Å². The van der Waals surface area contributed by atoms with Gasteiger partial charge in [-0.1, -0.05) is 12.1 Å². The number of nitrogens with zero attached hydrogens (tertiary/aromatic N) is 4. The molecule has 9 heteroatoms. The fraction of sp³-hybridized carbons (Fsp3) is 0.381. The molecule has 0 aliphatic carbocycles. The Labute approximate surface area is 174 Å². The Balaban J connectivity index is 1.23. The topological polar surface area (TPSA) is 105 Å². The van der Waals surface area contributed by atoms with Crippen LogP contribution in [0, 0.1) is 0 Å². The molecule has 0 atom stereocenters. The Morgan fingerprint density at radius 3 is 2.47 bits per heavy atom. The molecular weight excluding hydrogens is 386 g/mol. The quantitative estimate of drug-likeness (QED) is 0.681. The summed E-state index contributed by atoms with van der Waals surface area (Å²) in [7, 11) is 0. The van der Waals surface area contributed by atoms with Crippen molar-refractivity contribution in [3.63, 3.8) is 0 Å². The second-order valence-electron chi connectivity index (χ2n) is 7.14. The van der Waals surface area contributed by atoms with E-state index in [0.717, 1.165) is 18.8 Å².